The Bertz CT molecular complexity index is 1460. The fourth-order valence-electron chi connectivity index (χ4n) is 4.32. The van der Waals surface area contributed by atoms with Crippen LogP contribution in [0.15, 0.2) is 72.8 Å². The fourth-order valence-corrected chi connectivity index (χ4v) is 4.63. The summed E-state index contributed by atoms with van der Waals surface area (Å²) in [4.78, 5) is 29.4. The number of aromatic nitrogens is 2. The number of alkyl halides is 1. The Morgan fingerprint density at radius 3 is 1.60 bits per heavy atom. The highest BCUT2D eigenvalue weighted by molar-refractivity contribution is 9.08. The molecule has 1 fully saturated rings. The van der Waals surface area contributed by atoms with Crippen LogP contribution in [0.3, 0.4) is 0 Å². The van der Waals surface area contributed by atoms with Crippen molar-refractivity contribution in [3.63, 3.8) is 0 Å². The van der Waals surface area contributed by atoms with E-state index in [4.69, 9.17) is 19.7 Å². The SMILES string of the molecule is C.COc1ccc(CBr)nc1-c1cccc([N+](=O)[O-])c1.COc1ccc(CO)nc1-c1cccc([N+](=O)[O-])c1.OC1CCCC1. The summed E-state index contributed by atoms with van der Waals surface area (Å²) < 4.78 is 10.4. The van der Waals surface area contributed by atoms with Crippen LogP contribution in [-0.2, 0) is 11.9 Å². The lowest BCUT2D eigenvalue weighted by Crippen LogP contribution is -1.97. The molecule has 5 rings (SSSR count). The normalized spacial score (nSPS) is 12.0. The highest BCUT2D eigenvalue weighted by atomic mass is 79.9. The molecule has 2 aromatic carbocycles. The van der Waals surface area contributed by atoms with Crippen LogP contribution >= 0.6 is 15.9 Å². The van der Waals surface area contributed by atoms with Crippen LogP contribution in [0.4, 0.5) is 11.4 Å². The molecule has 2 heterocycles. The number of non-ortho nitro benzene ring substituents is 2. The minimum atomic E-state index is -0.466. The van der Waals surface area contributed by atoms with Crippen LogP contribution in [0, 0.1) is 20.2 Å². The Morgan fingerprint density at radius 1 is 0.800 bits per heavy atom. The molecular formula is C32H37BrN4O8. The van der Waals surface area contributed by atoms with Gasteiger partial charge in [0, 0.05) is 40.7 Å². The Kier molecular flexibility index (Phi) is 15.0. The minimum Gasteiger partial charge on any atom is -0.494 e. The molecule has 0 bridgehead atoms. The molecule has 45 heavy (non-hydrogen) atoms. The first-order chi connectivity index (χ1) is 21.2. The summed E-state index contributed by atoms with van der Waals surface area (Å²) in [6.07, 6.45) is 4.60. The number of pyridine rings is 2. The maximum absolute atomic E-state index is 10.8. The third-order valence-corrected chi connectivity index (χ3v) is 7.13. The molecular weight excluding hydrogens is 648 g/mol. The number of hydrogen-bond acceptors (Lipinski definition) is 10. The number of methoxy groups -OCH3 is 2. The summed E-state index contributed by atoms with van der Waals surface area (Å²) in [5, 5.41) is 40.0. The van der Waals surface area contributed by atoms with Gasteiger partial charge in [-0.1, -0.05) is 60.5 Å². The van der Waals surface area contributed by atoms with Crippen molar-refractivity contribution in [1.29, 1.82) is 0 Å². The summed E-state index contributed by atoms with van der Waals surface area (Å²) >= 11 is 3.34. The molecule has 2 N–H and O–H groups in total. The van der Waals surface area contributed by atoms with Gasteiger partial charge in [-0.3, -0.25) is 20.2 Å². The van der Waals surface area contributed by atoms with Gasteiger partial charge >= 0.3 is 0 Å². The van der Waals surface area contributed by atoms with Gasteiger partial charge in [0.05, 0.1) is 48.2 Å². The molecule has 0 radical (unpaired) electrons. The first-order valence-electron chi connectivity index (χ1n) is 13.6. The van der Waals surface area contributed by atoms with Gasteiger partial charge in [0.2, 0.25) is 0 Å². The van der Waals surface area contributed by atoms with Crippen molar-refractivity contribution in [3.8, 4) is 34.0 Å². The molecule has 0 atom stereocenters. The lowest BCUT2D eigenvalue weighted by atomic mass is 10.1. The third kappa shape index (κ3) is 10.6. The number of benzene rings is 2. The first-order valence-corrected chi connectivity index (χ1v) is 14.7. The number of hydrogen-bond donors (Lipinski definition) is 2. The van der Waals surface area contributed by atoms with E-state index in [2.05, 4.69) is 25.9 Å². The van der Waals surface area contributed by atoms with Crippen LogP contribution in [0.5, 0.6) is 11.5 Å². The number of aliphatic hydroxyl groups excluding tert-OH is 2. The number of halogens is 1. The Morgan fingerprint density at radius 2 is 1.24 bits per heavy atom. The summed E-state index contributed by atoms with van der Waals surface area (Å²) in [5.74, 6) is 1.09. The molecule has 1 aliphatic rings. The molecule has 2 aromatic heterocycles. The van der Waals surface area contributed by atoms with E-state index in [1.807, 2.05) is 6.07 Å². The van der Waals surface area contributed by atoms with Crippen LogP contribution in [0.1, 0.15) is 44.5 Å². The summed E-state index contributed by atoms with van der Waals surface area (Å²) in [6, 6.07) is 19.4. The van der Waals surface area contributed by atoms with E-state index in [1.165, 1.54) is 44.2 Å². The van der Waals surface area contributed by atoms with Gasteiger partial charge in [-0.2, -0.15) is 0 Å². The number of ether oxygens (including phenoxy) is 2. The van der Waals surface area contributed by atoms with Crippen molar-refractivity contribution in [2.45, 2.75) is 51.2 Å². The molecule has 240 valence electrons. The third-order valence-electron chi connectivity index (χ3n) is 6.56. The zero-order chi connectivity index (χ0) is 32.1. The van der Waals surface area contributed by atoms with E-state index in [9.17, 15) is 20.2 Å². The van der Waals surface area contributed by atoms with E-state index in [-0.39, 0.29) is 31.5 Å². The largest absolute Gasteiger partial charge is 0.494 e. The van der Waals surface area contributed by atoms with E-state index >= 15 is 0 Å². The van der Waals surface area contributed by atoms with Crippen molar-refractivity contribution < 1.29 is 29.5 Å². The first kappa shape index (κ1) is 36.7. The number of rotatable bonds is 8. The smallest absolute Gasteiger partial charge is 0.270 e. The van der Waals surface area contributed by atoms with Crippen molar-refractivity contribution >= 4 is 27.3 Å². The van der Waals surface area contributed by atoms with Gasteiger partial charge < -0.3 is 19.7 Å². The van der Waals surface area contributed by atoms with Crippen LogP contribution in [-0.4, -0.2) is 50.4 Å². The van der Waals surface area contributed by atoms with Crippen molar-refractivity contribution in [2.24, 2.45) is 0 Å². The summed E-state index contributed by atoms with van der Waals surface area (Å²) in [6.45, 7) is -0.202. The Balaban J connectivity index is 0.000000259. The average Bonchev–Trinajstić information content (AvgIpc) is 3.55. The molecule has 12 nitrogen and oxygen atoms in total. The van der Waals surface area contributed by atoms with Crippen LogP contribution in [0.25, 0.3) is 22.5 Å². The van der Waals surface area contributed by atoms with Gasteiger partial charge in [-0.25, -0.2) is 9.97 Å². The van der Waals surface area contributed by atoms with Crippen LogP contribution in [0.2, 0.25) is 0 Å². The van der Waals surface area contributed by atoms with Gasteiger partial charge in [0.1, 0.15) is 22.9 Å². The molecule has 13 heteroatoms. The molecule has 0 spiro atoms. The van der Waals surface area contributed by atoms with Gasteiger partial charge in [0.15, 0.2) is 0 Å². The lowest BCUT2D eigenvalue weighted by molar-refractivity contribution is -0.385. The highest BCUT2D eigenvalue weighted by Crippen LogP contribution is 2.31. The Hall–Kier alpha value is -4.46. The molecule has 0 aliphatic heterocycles. The molecule has 0 saturated heterocycles. The molecule has 1 aliphatic carbocycles. The van der Waals surface area contributed by atoms with E-state index < -0.39 is 9.85 Å². The van der Waals surface area contributed by atoms with E-state index in [0.717, 1.165) is 18.5 Å². The summed E-state index contributed by atoms with van der Waals surface area (Å²) in [7, 11) is 3.04. The molecule has 0 amide bonds. The fraction of sp³-hybridized carbons (Fsp3) is 0.312. The standard InChI is InChI=1S/C13H11BrN2O3.C13H12N2O4.C5H10O.CH4/c1-19-12-6-5-10(8-14)15-13(12)9-3-2-4-11(7-9)16(17)18;1-19-12-6-5-10(8-16)14-13(12)9-3-2-4-11(7-9)15(17)18;6-5-3-1-2-4-5;/h2-7H,8H2,1H3;2-7,16H,8H2,1H3;5-6H,1-4H2;1H4. The molecule has 1 saturated carbocycles. The lowest BCUT2D eigenvalue weighted by Gasteiger charge is -2.09. The average molecular weight is 686 g/mol. The monoisotopic (exact) mass is 684 g/mol. The maximum Gasteiger partial charge on any atom is 0.270 e. The quantitative estimate of drug-likeness (QED) is 0.109. The zero-order valence-corrected chi connectivity index (χ0v) is 25.8. The Labute approximate surface area is 270 Å². The topological polar surface area (TPSA) is 171 Å². The van der Waals surface area contributed by atoms with Gasteiger partial charge in [0.25, 0.3) is 11.4 Å². The predicted octanol–water partition coefficient (Wildman–Crippen LogP) is 7.28. The second-order valence-corrected chi connectivity index (χ2v) is 10.1. The number of aliphatic hydroxyl groups is 2. The number of nitro benzene ring substituents is 2. The zero-order valence-electron chi connectivity index (χ0n) is 24.3. The molecule has 0 unspecified atom stereocenters. The maximum atomic E-state index is 10.8. The van der Waals surface area contributed by atoms with E-state index in [0.29, 0.717) is 45.0 Å². The van der Waals surface area contributed by atoms with E-state index in [1.54, 1.807) is 49.6 Å². The van der Waals surface area contributed by atoms with Crippen molar-refractivity contribution in [2.75, 3.05) is 14.2 Å². The van der Waals surface area contributed by atoms with Crippen LogP contribution < -0.4 is 9.47 Å². The van der Waals surface area contributed by atoms with Crippen molar-refractivity contribution in [1.82, 2.24) is 9.97 Å². The van der Waals surface area contributed by atoms with Gasteiger partial charge in [-0.05, 0) is 37.1 Å². The van der Waals surface area contributed by atoms with Gasteiger partial charge in [-0.15, -0.1) is 0 Å². The number of nitro groups is 2. The highest BCUT2D eigenvalue weighted by Gasteiger charge is 2.14. The minimum absolute atomic E-state index is 0. The predicted molar refractivity (Wildman–Crippen MR) is 176 cm³/mol. The number of nitrogens with zero attached hydrogens (tertiary/aromatic N) is 4. The van der Waals surface area contributed by atoms with Crippen molar-refractivity contribution in [3.05, 3.63) is 104 Å². The second kappa shape index (κ2) is 18.4. The second-order valence-electron chi connectivity index (χ2n) is 9.55. The molecule has 4 aromatic rings. The summed E-state index contributed by atoms with van der Waals surface area (Å²) in [5.41, 5.74) is 3.63.